The summed E-state index contributed by atoms with van der Waals surface area (Å²) in [6.45, 7) is 12.7. The van der Waals surface area contributed by atoms with E-state index in [4.69, 9.17) is 5.26 Å². The van der Waals surface area contributed by atoms with Gasteiger partial charge in [0.2, 0.25) is 0 Å². The van der Waals surface area contributed by atoms with Crippen LogP contribution in [0.3, 0.4) is 0 Å². The van der Waals surface area contributed by atoms with Crippen molar-refractivity contribution in [2.75, 3.05) is 0 Å². The Morgan fingerprint density at radius 2 is 0.926 bits per heavy atom. The van der Waals surface area contributed by atoms with Gasteiger partial charge in [0.25, 0.3) is 0 Å². The Morgan fingerprint density at radius 1 is 0.667 bits per heavy atom. The van der Waals surface area contributed by atoms with Crippen LogP contribution in [0.4, 0.5) is 9.59 Å². The van der Waals surface area contributed by atoms with Crippen molar-refractivity contribution in [3.05, 3.63) is 0 Å². The van der Waals surface area contributed by atoms with Crippen molar-refractivity contribution in [2.24, 2.45) is 0 Å². The summed E-state index contributed by atoms with van der Waals surface area (Å²) in [5.41, 5.74) is 0. The Morgan fingerprint density at radius 3 is 1.15 bits per heavy atom. The van der Waals surface area contributed by atoms with Gasteiger partial charge < -0.3 is 26.1 Å². The molecule has 0 aliphatic carbocycles. The molecule has 0 aliphatic rings. The van der Waals surface area contributed by atoms with Crippen LogP contribution in [0.1, 0.15) is 71.2 Å². The third-order valence-electron chi connectivity index (χ3n) is 0.396. The van der Waals surface area contributed by atoms with E-state index in [1.807, 2.05) is 41.5 Å². The minimum Gasteiger partial charge on any atom is -0.494 e. The maximum Gasteiger partial charge on any atom is 0.589 e. The van der Waals surface area contributed by atoms with Crippen LogP contribution in [0, 0.1) is 81.7 Å². The van der Waals surface area contributed by atoms with E-state index in [2.05, 4.69) is 24.4 Å². The quantitative estimate of drug-likeness (QED) is 0.258. The van der Waals surface area contributed by atoms with Crippen molar-refractivity contribution in [1.82, 2.24) is 0 Å². The molecule has 0 saturated heterocycles. The van der Waals surface area contributed by atoms with Crippen LogP contribution in [0.15, 0.2) is 0 Å². The fraction of sp³-hybridized carbons (Fsp3) is 0.769. The van der Waals surface area contributed by atoms with Gasteiger partial charge in [0.05, 0.1) is 0 Å². The average Bonchev–Trinajstić information content (AvgIpc) is 2.48. The number of carbonyl (C=O) groups excluding carboxylic acids is 3. The molecule has 12 nitrogen and oxygen atoms in total. The molecule has 0 bridgehead atoms. The predicted octanol–water partition coefficient (Wildman–Crippen LogP) is 2.83. The van der Waals surface area contributed by atoms with E-state index in [-0.39, 0.29) is 128 Å². The van der Waals surface area contributed by atoms with Gasteiger partial charge in [-0.05, 0) is 6.47 Å². The Bertz CT molecular complexity index is 198. The molecule has 0 unspecified atom stereocenters. The summed E-state index contributed by atoms with van der Waals surface area (Å²) >= 11 is 0. The molecule has 0 aromatic rings. The first kappa shape index (κ1) is 91.7. The second-order valence-corrected chi connectivity index (χ2v) is 1.01. The Balaban J connectivity index is -0.0000000109. The minimum absolute atomic E-state index is 0. The van der Waals surface area contributed by atoms with Gasteiger partial charge >= 0.3 is 12.3 Å². The van der Waals surface area contributed by atoms with Gasteiger partial charge in [-0.15, -0.1) is 0 Å². The van der Waals surface area contributed by atoms with Crippen molar-refractivity contribution in [1.29, 1.82) is 0 Å². The Labute approximate surface area is 229 Å². The van der Waals surface area contributed by atoms with Gasteiger partial charge in [0, 0.05) is 81.7 Å². The number of rotatable bonds is 2. The zero-order valence-corrected chi connectivity index (χ0v) is 20.1. The molecule has 27 heavy (non-hydrogen) atoms. The van der Waals surface area contributed by atoms with Crippen LogP contribution in [0.5, 0.6) is 0 Å². The number of hydrogen-bond donors (Lipinski definition) is 1. The molecule has 7 N–H and O–H groups in total. The summed E-state index contributed by atoms with van der Waals surface area (Å²) < 4.78 is 0. The van der Waals surface area contributed by atoms with E-state index >= 15 is 0 Å². The van der Waals surface area contributed by atoms with Gasteiger partial charge in [0.15, 0.2) is 0 Å². The van der Waals surface area contributed by atoms with E-state index in [9.17, 15) is 14.4 Å². The second kappa shape index (κ2) is 110. The summed E-state index contributed by atoms with van der Waals surface area (Å²) in [6.07, 6.45) is -3.37. The molecule has 0 aromatic heterocycles. The van der Waals surface area contributed by atoms with E-state index in [1.165, 1.54) is 0 Å². The molecule has 0 aromatic carbocycles. The molecule has 0 aliphatic heterocycles. The fourth-order valence-corrected chi connectivity index (χ4v) is 0.148. The fourth-order valence-electron chi connectivity index (χ4n) is 0.148. The molecule has 14 heteroatoms. The van der Waals surface area contributed by atoms with Crippen LogP contribution >= 0.6 is 0 Å². The van der Waals surface area contributed by atoms with Crippen molar-refractivity contribution in [3.8, 4) is 0 Å². The number of carbonyl (C=O) groups is 2. The third kappa shape index (κ3) is 120. The largest absolute Gasteiger partial charge is 0.589 e. The van der Waals surface area contributed by atoms with E-state index < -0.39 is 12.3 Å². The van der Waals surface area contributed by atoms with Crippen LogP contribution in [0.2, 0.25) is 0 Å². The SMILES string of the molecule is C.C.C.C.CC.CC.CC.O.O.O.O=[C-]OOC(=O)OOC(=O)OO.[Nd].[Nd]. The third-order valence-corrected chi connectivity index (χ3v) is 0.396. The first-order valence-corrected chi connectivity index (χ1v) is 5.15. The van der Waals surface area contributed by atoms with Gasteiger partial charge in [-0.1, -0.05) is 71.2 Å². The van der Waals surface area contributed by atoms with Crippen molar-refractivity contribution >= 4 is 18.8 Å². The molecular weight excluding hydrogens is 637 g/mol. The zero-order valence-electron chi connectivity index (χ0n) is 13.7. The van der Waals surface area contributed by atoms with Crippen molar-refractivity contribution < 1.29 is 142 Å². The minimum atomic E-state index is -1.71. The summed E-state index contributed by atoms with van der Waals surface area (Å²) in [5, 5.41) is 7.52. The average molecular weight is 678 g/mol. The first-order chi connectivity index (χ1) is 8.70. The molecule has 0 atom stereocenters. The van der Waals surface area contributed by atoms with Gasteiger partial charge in [0.1, 0.15) is 0 Å². The van der Waals surface area contributed by atoms with E-state index in [0.29, 0.717) is 6.47 Å². The smallest absolute Gasteiger partial charge is 0.494 e. The summed E-state index contributed by atoms with van der Waals surface area (Å²) in [4.78, 5) is 45.5. The van der Waals surface area contributed by atoms with Gasteiger partial charge in [-0.2, -0.15) is 24.6 Å². The second-order valence-electron chi connectivity index (χ2n) is 1.01. The van der Waals surface area contributed by atoms with Crippen LogP contribution < -0.4 is 0 Å². The summed E-state index contributed by atoms with van der Waals surface area (Å²) in [6, 6.07) is 0. The Kier molecular flexibility index (Phi) is 374. The van der Waals surface area contributed by atoms with Crippen LogP contribution in [-0.2, 0) is 29.2 Å². The maximum atomic E-state index is 10.1. The van der Waals surface area contributed by atoms with Gasteiger partial charge in [-0.25, -0.2) is 4.89 Å². The monoisotopic (exact) mass is 673 g/mol. The molecule has 0 amide bonds. The van der Waals surface area contributed by atoms with E-state index in [0.717, 1.165) is 0 Å². The molecular formula is C13H41Nd2O12-. The summed E-state index contributed by atoms with van der Waals surface area (Å²) in [7, 11) is 0. The Hall–Kier alpha value is 0.551. The van der Waals surface area contributed by atoms with E-state index in [1.54, 1.807) is 0 Å². The predicted molar refractivity (Wildman–Crippen MR) is 96.3 cm³/mol. The van der Waals surface area contributed by atoms with Crippen LogP contribution in [-0.4, -0.2) is 40.5 Å². The molecule has 0 rings (SSSR count). The number of hydrogen-bond acceptors (Lipinski definition) is 9. The summed E-state index contributed by atoms with van der Waals surface area (Å²) in [5.74, 6) is 0. The standard InChI is InChI=1S/C3HO9.3C2H6.4CH4.2Nd.3H2O/c4-1-8-10-3(6)12-11-2(5)9-7;3*1-2;;;;;;;;;/h7H;3*1-2H3;4*1H4;;;3*1H2/q-1;;;;;;;;;;;;. The topological polar surface area (TPSA) is 212 Å². The normalized spacial score (nSPS) is 4.11. The molecule has 0 spiro atoms. The molecule has 0 heterocycles. The molecule has 174 valence electrons. The van der Waals surface area contributed by atoms with Crippen LogP contribution in [0.25, 0.3) is 0 Å². The molecule has 0 saturated carbocycles. The maximum absolute atomic E-state index is 10.1. The molecule has 0 radical (unpaired) electrons. The van der Waals surface area contributed by atoms with Crippen molar-refractivity contribution in [2.45, 2.75) is 71.2 Å². The molecule has 0 fully saturated rings. The zero-order chi connectivity index (χ0) is 15.4. The first-order valence-electron chi connectivity index (χ1n) is 5.15. The van der Waals surface area contributed by atoms with Gasteiger partial charge in [-0.3, -0.25) is 4.89 Å². The van der Waals surface area contributed by atoms with Crippen molar-refractivity contribution in [3.63, 3.8) is 0 Å².